The molecule has 1 aromatic rings. The highest BCUT2D eigenvalue weighted by atomic mass is 32.2. The Bertz CT molecular complexity index is 849. The average Bonchev–Trinajstić information content (AvgIpc) is 2.68. The second-order valence-electron chi connectivity index (χ2n) is 6.96. The minimum absolute atomic E-state index is 0.0123. The van der Waals surface area contributed by atoms with Crippen molar-refractivity contribution in [2.45, 2.75) is 45.6 Å². The van der Waals surface area contributed by atoms with Gasteiger partial charge < -0.3 is 19.5 Å². The molecule has 2 unspecified atom stereocenters. The monoisotopic (exact) mass is 415 g/mol. The van der Waals surface area contributed by atoms with Crippen LogP contribution >= 0.6 is 0 Å². The Kier molecular flexibility index (Phi) is 6.81. The van der Waals surface area contributed by atoms with E-state index in [9.17, 15) is 18.0 Å². The molecule has 2 rings (SSSR count). The Morgan fingerprint density at radius 3 is 2.46 bits per heavy atom. The summed E-state index contributed by atoms with van der Waals surface area (Å²) in [5.74, 6) is -1.67. The fourth-order valence-electron chi connectivity index (χ4n) is 2.66. The maximum atomic E-state index is 12.8. The van der Waals surface area contributed by atoms with Crippen LogP contribution in [0.15, 0.2) is 18.2 Å². The van der Waals surface area contributed by atoms with Crippen molar-refractivity contribution >= 4 is 22.0 Å². The number of nitrogens with one attached hydrogen (secondary N) is 1. The van der Waals surface area contributed by atoms with E-state index in [2.05, 4.69) is 5.32 Å². The molecule has 1 aliphatic heterocycles. The molecule has 1 heterocycles. The van der Waals surface area contributed by atoms with Crippen LogP contribution in [-0.2, 0) is 28.6 Å². The van der Waals surface area contributed by atoms with Gasteiger partial charge in [0.05, 0.1) is 25.5 Å². The minimum atomic E-state index is -3.78. The first-order chi connectivity index (χ1) is 12.9. The Hall–Kier alpha value is -2.01. The van der Waals surface area contributed by atoms with Gasteiger partial charge in [-0.3, -0.25) is 13.8 Å². The van der Waals surface area contributed by atoms with Gasteiger partial charge in [-0.25, -0.2) is 0 Å². The van der Waals surface area contributed by atoms with Gasteiger partial charge in [0.25, 0.3) is 16.0 Å². The van der Waals surface area contributed by atoms with Crippen LogP contribution in [0.2, 0.25) is 0 Å². The van der Waals surface area contributed by atoms with Gasteiger partial charge in [-0.1, -0.05) is 6.07 Å². The lowest BCUT2D eigenvalue weighted by atomic mass is 10.1. The van der Waals surface area contributed by atoms with Gasteiger partial charge in [-0.15, -0.1) is 0 Å². The normalized spacial score (nSPS) is 22.2. The van der Waals surface area contributed by atoms with Crippen molar-refractivity contribution in [2.75, 3.05) is 19.5 Å². The molecule has 0 aromatic heterocycles. The third kappa shape index (κ3) is 6.26. The quantitative estimate of drug-likeness (QED) is 0.432. The molecule has 1 aliphatic rings. The summed E-state index contributed by atoms with van der Waals surface area (Å²) in [6.45, 7) is 6.18. The highest BCUT2D eigenvalue weighted by Gasteiger charge is 2.36. The summed E-state index contributed by atoms with van der Waals surface area (Å²) in [5.41, 5.74) is 0.753. The number of carbonyl (C=O) groups is 2. The van der Waals surface area contributed by atoms with Crippen LogP contribution in [0.4, 0.5) is 0 Å². The lowest BCUT2D eigenvalue weighted by molar-refractivity contribution is -0.203. The van der Waals surface area contributed by atoms with Crippen molar-refractivity contribution in [1.29, 1.82) is 0 Å². The van der Waals surface area contributed by atoms with E-state index < -0.39 is 39.9 Å². The number of carbonyl (C=O) groups excluding carboxylic acids is 2. The lowest BCUT2D eigenvalue weighted by Gasteiger charge is -2.24. The van der Waals surface area contributed by atoms with Gasteiger partial charge in [0.1, 0.15) is 11.9 Å². The van der Waals surface area contributed by atoms with Gasteiger partial charge in [-0.05, 0) is 32.9 Å². The van der Waals surface area contributed by atoms with Gasteiger partial charge in [0.2, 0.25) is 0 Å². The third-order valence-corrected chi connectivity index (χ3v) is 4.65. The zero-order chi connectivity index (χ0) is 21.1. The van der Waals surface area contributed by atoms with Crippen LogP contribution in [-0.4, -0.2) is 57.7 Å². The van der Waals surface area contributed by atoms with Crippen molar-refractivity contribution in [2.24, 2.45) is 0 Å². The van der Waals surface area contributed by atoms with Crippen LogP contribution in [0.1, 0.15) is 36.7 Å². The molecule has 0 aliphatic carbocycles. The summed E-state index contributed by atoms with van der Waals surface area (Å²) >= 11 is 0. The fraction of sp³-hybridized carbons (Fsp3) is 0.556. The van der Waals surface area contributed by atoms with E-state index in [0.717, 1.165) is 6.26 Å². The fourth-order valence-corrected chi connectivity index (χ4v) is 3.30. The first-order valence-electron chi connectivity index (χ1n) is 8.63. The molecule has 0 bridgehead atoms. The van der Waals surface area contributed by atoms with E-state index in [-0.39, 0.29) is 24.5 Å². The summed E-state index contributed by atoms with van der Waals surface area (Å²) in [7, 11) is -3.78. The third-order valence-electron chi connectivity index (χ3n) is 4.05. The standard InChI is InChI=1S/C18H25NO8S/c1-11-13(7-6-8-15(11)26-12(2)20)17(21)19-14-9-24-18(3,4)25-10-16(14)27-28(5,22)23/h6-8,14,16H,9-10H2,1-5H3,(H,19,21). The largest absolute Gasteiger partial charge is 0.426 e. The predicted molar refractivity (Wildman–Crippen MR) is 99.4 cm³/mol. The Morgan fingerprint density at radius 2 is 1.86 bits per heavy atom. The van der Waals surface area contributed by atoms with Crippen molar-refractivity contribution in [3.8, 4) is 5.75 Å². The number of amides is 1. The van der Waals surface area contributed by atoms with E-state index in [0.29, 0.717) is 5.56 Å². The van der Waals surface area contributed by atoms with Crippen molar-refractivity contribution in [3.05, 3.63) is 29.3 Å². The topological polar surface area (TPSA) is 117 Å². The minimum Gasteiger partial charge on any atom is -0.426 e. The smallest absolute Gasteiger partial charge is 0.308 e. The van der Waals surface area contributed by atoms with Crippen molar-refractivity contribution < 1.29 is 36.4 Å². The molecule has 1 saturated heterocycles. The molecular formula is C18H25NO8S. The van der Waals surface area contributed by atoms with E-state index >= 15 is 0 Å². The van der Waals surface area contributed by atoms with E-state index in [1.54, 1.807) is 39.0 Å². The number of hydrogen-bond acceptors (Lipinski definition) is 8. The van der Waals surface area contributed by atoms with Gasteiger partial charge in [0.15, 0.2) is 5.79 Å². The molecule has 1 fully saturated rings. The molecule has 28 heavy (non-hydrogen) atoms. The zero-order valence-corrected chi connectivity index (χ0v) is 17.3. The van der Waals surface area contributed by atoms with Crippen molar-refractivity contribution in [1.82, 2.24) is 5.32 Å². The Morgan fingerprint density at radius 1 is 1.21 bits per heavy atom. The van der Waals surface area contributed by atoms with Gasteiger partial charge >= 0.3 is 5.97 Å². The van der Waals surface area contributed by atoms with Gasteiger partial charge in [0, 0.05) is 18.1 Å². The molecule has 0 spiro atoms. The van der Waals surface area contributed by atoms with Crippen LogP contribution in [0.25, 0.3) is 0 Å². The van der Waals surface area contributed by atoms with Gasteiger partial charge in [-0.2, -0.15) is 8.42 Å². The lowest BCUT2D eigenvalue weighted by Crippen LogP contribution is -2.48. The Balaban J connectivity index is 2.25. The molecule has 1 N–H and O–H groups in total. The van der Waals surface area contributed by atoms with E-state index in [1.165, 1.54) is 6.92 Å². The molecule has 9 nitrogen and oxygen atoms in total. The maximum absolute atomic E-state index is 12.8. The second kappa shape index (κ2) is 8.56. The summed E-state index contributed by atoms with van der Waals surface area (Å²) in [5, 5.41) is 2.73. The average molecular weight is 415 g/mol. The number of rotatable bonds is 5. The highest BCUT2D eigenvalue weighted by Crippen LogP contribution is 2.23. The summed E-state index contributed by atoms with van der Waals surface area (Å²) in [4.78, 5) is 24.0. The van der Waals surface area contributed by atoms with E-state index in [1.807, 2.05) is 0 Å². The molecule has 0 saturated carbocycles. The van der Waals surface area contributed by atoms with E-state index in [4.69, 9.17) is 18.4 Å². The second-order valence-corrected chi connectivity index (χ2v) is 8.56. The molecule has 1 aromatic carbocycles. The summed E-state index contributed by atoms with van der Waals surface area (Å²) < 4.78 is 44.5. The first kappa shape index (κ1) is 22.3. The zero-order valence-electron chi connectivity index (χ0n) is 16.5. The van der Waals surface area contributed by atoms with Crippen LogP contribution in [0.3, 0.4) is 0 Å². The molecular weight excluding hydrogens is 390 g/mol. The van der Waals surface area contributed by atoms with Crippen molar-refractivity contribution in [3.63, 3.8) is 0 Å². The number of benzene rings is 1. The SMILES string of the molecule is CC(=O)Oc1cccc(C(=O)NC2COC(C)(C)OCC2OS(C)(=O)=O)c1C. The summed E-state index contributed by atoms with van der Waals surface area (Å²) in [6.07, 6.45) is -0.0344. The summed E-state index contributed by atoms with van der Waals surface area (Å²) in [6, 6.07) is 3.96. The van der Waals surface area contributed by atoms with Crippen LogP contribution < -0.4 is 10.1 Å². The number of esters is 1. The molecule has 0 radical (unpaired) electrons. The Labute approximate surface area is 164 Å². The molecule has 1 amide bonds. The van der Waals surface area contributed by atoms with Crippen LogP contribution in [0.5, 0.6) is 5.75 Å². The highest BCUT2D eigenvalue weighted by molar-refractivity contribution is 7.86. The first-order valence-corrected chi connectivity index (χ1v) is 10.4. The molecule has 10 heteroatoms. The molecule has 156 valence electrons. The van der Waals surface area contributed by atoms with Crippen LogP contribution in [0, 0.1) is 6.92 Å². The number of ether oxygens (including phenoxy) is 3. The number of hydrogen-bond donors (Lipinski definition) is 1. The predicted octanol–water partition coefficient (Wildman–Crippen LogP) is 1.15. The maximum Gasteiger partial charge on any atom is 0.308 e. The molecule has 2 atom stereocenters.